The zero-order valence-electron chi connectivity index (χ0n) is 11.4. The number of benzene rings is 1. The Kier molecular flexibility index (Phi) is 4.61. The van der Waals surface area contributed by atoms with Crippen LogP contribution in [0.25, 0.3) is 0 Å². The third kappa shape index (κ3) is 3.50. The molecule has 1 aliphatic rings. The summed E-state index contributed by atoms with van der Waals surface area (Å²) >= 11 is 0. The fourth-order valence-electron chi connectivity index (χ4n) is 2.42. The summed E-state index contributed by atoms with van der Waals surface area (Å²) in [6.45, 7) is 0. The number of hydrogen-bond acceptors (Lipinski definition) is 4. The summed E-state index contributed by atoms with van der Waals surface area (Å²) < 4.78 is 10.3. The Hall–Kier alpha value is -2.04. The summed E-state index contributed by atoms with van der Waals surface area (Å²) in [5, 5.41) is 8.92. The number of aliphatic carboxylic acids is 1. The quantitative estimate of drug-likeness (QED) is 0.676. The topological polar surface area (TPSA) is 72.8 Å². The van der Waals surface area contributed by atoms with Crippen molar-refractivity contribution in [2.24, 2.45) is 11.8 Å². The van der Waals surface area contributed by atoms with Crippen molar-refractivity contribution in [3.05, 3.63) is 24.3 Å². The van der Waals surface area contributed by atoms with Crippen LogP contribution in [0, 0.1) is 11.8 Å². The molecular formula is C15H18O5. The van der Waals surface area contributed by atoms with Crippen LogP contribution in [-0.2, 0) is 9.59 Å². The highest BCUT2D eigenvalue weighted by Gasteiger charge is 2.30. The molecule has 0 atom stereocenters. The molecule has 1 aromatic rings. The van der Waals surface area contributed by atoms with Gasteiger partial charge in [-0.15, -0.1) is 0 Å². The molecule has 0 heterocycles. The van der Waals surface area contributed by atoms with Crippen molar-refractivity contribution in [2.75, 3.05) is 7.11 Å². The molecule has 5 heteroatoms. The van der Waals surface area contributed by atoms with Gasteiger partial charge in [-0.3, -0.25) is 9.59 Å². The van der Waals surface area contributed by atoms with Gasteiger partial charge in [0.2, 0.25) is 0 Å². The number of rotatable bonds is 4. The predicted molar refractivity (Wildman–Crippen MR) is 71.7 cm³/mol. The van der Waals surface area contributed by atoms with E-state index in [1.807, 2.05) is 0 Å². The van der Waals surface area contributed by atoms with E-state index in [2.05, 4.69) is 0 Å². The maximum Gasteiger partial charge on any atom is 0.314 e. The van der Waals surface area contributed by atoms with E-state index in [9.17, 15) is 9.59 Å². The van der Waals surface area contributed by atoms with Gasteiger partial charge in [-0.25, -0.2) is 0 Å². The molecule has 0 bridgehead atoms. The average molecular weight is 278 g/mol. The van der Waals surface area contributed by atoms with Gasteiger partial charge in [-0.05, 0) is 49.9 Å². The number of carboxylic acid groups (broad SMARTS) is 1. The molecule has 108 valence electrons. The Morgan fingerprint density at radius 1 is 1.00 bits per heavy atom. The number of esters is 1. The molecule has 1 aliphatic carbocycles. The average Bonchev–Trinajstić information content (AvgIpc) is 2.48. The Morgan fingerprint density at radius 3 is 2.00 bits per heavy atom. The van der Waals surface area contributed by atoms with Crippen molar-refractivity contribution in [3.63, 3.8) is 0 Å². The number of ether oxygens (including phenoxy) is 2. The highest BCUT2D eigenvalue weighted by atomic mass is 16.5. The van der Waals surface area contributed by atoms with Gasteiger partial charge < -0.3 is 14.6 Å². The molecule has 1 fully saturated rings. The lowest BCUT2D eigenvalue weighted by Crippen LogP contribution is -2.28. The molecular weight excluding hydrogens is 260 g/mol. The van der Waals surface area contributed by atoms with Crippen LogP contribution in [0.1, 0.15) is 25.7 Å². The SMILES string of the molecule is COc1ccc(OC(=O)C2CCC(C(=O)O)CC2)cc1. The molecule has 2 rings (SSSR count). The second-order valence-corrected chi connectivity index (χ2v) is 4.98. The van der Waals surface area contributed by atoms with E-state index in [0.29, 0.717) is 37.2 Å². The zero-order chi connectivity index (χ0) is 14.5. The maximum atomic E-state index is 12.0. The van der Waals surface area contributed by atoms with Gasteiger partial charge in [0.1, 0.15) is 11.5 Å². The van der Waals surface area contributed by atoms with Crippen LogP contribution < -0.4 is 9.47 Å². The molecule has 0 saturated heterocycles. The number of methoxy groups -OCH3 is 1. The van der Waals surface area contributed by atoms with Gasteiger partial charge in [0, 0.05) is 0 Å². The van der Waals surface area contributed by atoms with Crippen molar-refractivity contribution < 1.29 is 24.2 Å². The second-order valence-electron chi connectivity index (χ2n) is 4.98. The van der Waals surface area contributed by atoms with Gasteiger partial charge in [-0.1, -0.05) is 0 Å². The first-order valence-electron chi connectivity index (χ1n) is 6.68. The third-order valence-electron chi connectivity index (χ3n) is 3.69. The van der Waals surface area contributed by atoms with Crippen LogP contribution in [0.15, 0.2) is 24.3 Å². The van der Waals surface area contributed by atoms with Crippen molar-refractivity contribution in [1.82, 2.24) is 0 Å². The standard InChI is InChI=1S/C15H18O5/c1-19-12-6-8-13(9-7-12)20-15(18)11-4-2-10(3-5-11)14(16)17/h6-11H,2-5H2,1H3,(H,16,17). The Labute approximate surface area is 117 Å². The molecule has 20 heavy (non-hydrogen) atoms. The summed E-state index contributed by atoms with van der Waals surface area (Å²) in [7, 11) is 1.57. The van der Waals surface area contributed by atoms with E-state index in [0.717, 1.165) is 0 Å². The number of carboxylic acids is 1. The summed E-state index contributed by atoms with van der Waals surface area (Å²) in [5.74, 6) is -0.387. The van der Waals surface area contributed by atoms with Gasteiger partial charge in [0.05, 0.1) is 18.9 Å². The van der Waals surface area contributed by atoms with Crippen LogP contribution in [0.3, 0.4) is 0 Å². The Morgan fingerprint density at radius 2 is 1.50 bits per heavy atom. The van der Waals surface area contributed by atoms with Crippen molar-refractivity contribution >= 4 is 11.9 Å². The first-order valence-corrected chi connectivity index (χ1v) is 6.68. The maximum absolute atomic E-state index is 12.0. The Balaban J connectivity index is 1.87. The zero-order valence-corrected chi connectivity index (χ0v) is 11.4. The summed E-state index contributed by atoms with van der Waals surface area (Å²) in [4.78, 5) is 22.9. The smallest absolute Gasteiger partial charge is 0.314 e. The normalized spacial score (nSPS) is 22.1. The molecule has 0 aliphatic heterocycles. The lowest BCUT2D eigenvalue weighted by atomic mass is 9.82. The molecule has 0 spiro atoms. The molecule has 1 N–H and O–H groups in total. The van der Waals surface area contributed by atoms with E-state index in [1.165, 1.54) is 0 Å². The van der Waals surface area contributed by atoms with Crippen molar-refractivity contribution in [1.29, 1.82) is 0 Å². The third-order valence-corrected chi connectivity index (χ3v) is 3.69. The number of carbonyl (C=O) groups is 2. The minimum atomic E-state index is -0.771. The minimum Gasteiger partial charge on any atom is -0.497 e. The monoisotopic (exact) mass is 278 g/mol. The van der Waals surface area contributed by atoms with Gasteiger partial charge in [0.25, 0.3) is 0 Å². The Bertz CT molecular complexity index is 472. The molecule has 0 aromatic heterocycles. The molecule has 0 unspecified atom stereocenters. The number of hydrogen-bond donors (Lipinski definition) is 1. The molecule has 1 aromatic carbocycles. The lowest BCUT2D eigenvalue weighted by Gasteiger charge is -2.24. The lowest BCUT2D eigenvalue weighted by molar-refractivity contribution is -0.146. The van der Waals surface area contributed by atoms with E-state index < -0.39 is 5.97 Å². The highest BCUT2D eigenvalue weighted by molar-refractivity contribution is 5.76. The fraction of sp³-hybridized carbons (Fsp3) is 0.467. The van der Waals surface area contributed by atoms with Gasteiger partial charge in [-0.2, -0.15) is 0 Å². The van der Waals surface area contributed by atoms with Crippen LogP contribution in [-0.4, -0.2) is 24.2 Å². The van der Waals surface area contributed by atoms with Crippen molar-refractivity contribution in [3.8, 4) is 11.5 Å². The van der Waals surface area contributed by atoms with Crippen LogP contribution in [0.4, 0.5) is 0 Å². The summed E-state index contributed by atoms with van der Waals surface area (Å²) in [6.07, 6.45) is 2.23. The fourth-order valence-corrected chi connectivity index (χ4v) is 2.42. The van der Waals surface area contributed by atoms with Crippen LogP contribution in [0.5, 0.6) is 11.5 Å². The van der Waals surface area contributed by atoms with E-state index >= 15 is 0 Å². The van der Waals surface area contributed by atoms with Gasteiger partial charge in [0.15, 0.2) is 0 Å². The van der Waals surface area contributed by atoms with Crippen molar-refractivity contribution in [2.45, 2.75) is 25.7 Å². The first-order chi connectivity index (χ1) is 9.60. The van der Waals surface area contributed by atoms with E-state index in [-0.39, 0.29) is 17.8 Å². The highest BCUT2D eigenvalue weighted by Crippen LogP contribution is 2.30. The van der Waals surface area contributed by atoms with E-state index in [1.54, 1.807) is 31.4 Å². The molecule has 0 radical (unpaired) electrons. The largest absolute Gasteiger partial charge is 0.497 e. The van der Waals surface area contributed by atoms with Crippen LogP contribution >= 0.6 is 0 Å². The summed E-state index contributed by atoms with van der Waals surface area (Å²) in [5.41, 5.74) is 0. The minimum absolute atomic E-state index is 0.201. The second kappa shape index (κ2) is 6.41. The summed E-state index contributed by atoms with van der Waals surface area (Å²) in [6, 6.07) is 6.81. The van der Waals surface area contributed by atoms with Crippen LogP contribution in [0.2, 0.25) is 0 Å². The molecule has 5 nitrogen and oxygen atoms in total. The van der Waals surface area contributed by atoms with Gasteiger partial charge >= 0.3 is 11.9 Å². The molecule has 1 saturated carbocycles. The first kappa shape index (κ1) is 14.4. The number of carbonyl (C=O) groups excluding carboxylic acids is 1. The molecule has 0 amide bonds. The van der Waals surface area contributed by atoms with E-state index in [4.69, 9.17) is 14.6 Å². The predicted octanol–water partition coefficient (Wildman–Crippen LogP) is 2.49.